The van der Waals surface area contributed by atoms with Crippen molar-refractivity contribution in [2.24, 2.45) is 0 Å². The lowest BCUT2D eigenvalue weighted by atomic mass is 10.2. The second-order valence-electron chi connectivity index (χ2n) is 5.78. The van der Waals surface area contributed by atoms with E-state index >= 15 is 0 Å². The molecule has 1 aliphatic heterocycles. The zero-order chi connectivity index (χ0) is 16.2. The third-order valence-electron chi connectivity index (χ3n) is 4.27. The van der Waals surface area contributed by atoms with Crippen LogP contribution in [0.1, 0.15) is 24.9 Å². The number of aromatic nitrogens is 4. The first kappa shape index (κ1) is 15.7. The molecule has 2 aromatic heterocycles. The lowest BCUT2D eigenvalue weighted by Gasteiger charge is -2.24. The summed E-state index contributed by atoms with van der Waals surface area (Å²) in [4.78, 5) is 20.9. The summed E-state index contributed by atoms with van der Waals surface area (Å²) in [7, 11) is 2.05. The Morgan fingerprint density at radius 1 is 1.26 bits per heavy atom. The van der Waals surface area contributed by atoms with Gasteiger partial charge in [-0.25, -0.2) is 24.3 Å². The molecular formula is C16H21FN6. The summed E-state index contributed by atoms with van der Waals surface area (Å²) in [6.07, 6.45) is 6.49. The highest BCUT2D eigenvalue weighted by Gasteiger charge is 2.29. The maximum absolute atomic E-state index is 14.4. The molecule has 1 aliphatic rings. The second-order valence-corrected chi connectivity index (χ2v) is 5.78. The van der Waals surface area contributed by atoms with Crippen LogP contribution < -0.4 is 4.90 Å². The van der Waals surface area contributed by atoms with Crippen LogP contribution in [0.4, 0.5) is 10.2 Å². The van der Waals surface area contributed by atoms with Crippen LogP contribution in [0.15, 0.2) is 24.8 Å². The fourth-order valence-electron chi connectivity index (χ4n) is 2.92. The minimum atomic E-state index is -0.287. The SMILES string of the molecule is CCc1ncnc(N2CCC(N(C)Cc3ncccn3)C2)c1F. The van der Waals surface area contributed by atoms with E-state index in [0.717, 1.165) is 25.3 Å². The molecule has 0 spiro atoms. The molecule has 0 amide bonds. The van der Waals surface area contributed by atoms with E-state index in [1.807, 2.05) is 17.9 Å². The Kier molecular flexibility index (Phi) is 4.76. The molecule has 2 aromatic rings. The predicted molar refractivity (Wildman–Crippen MR) is 85.5 cm³/mol. The molecule has 1 atom stereocenters. The van der Waals surface area contributed by atoms with Gasteiger partial charge in [0.1, 0.15) is 12.2 Å². The van der Waals surface area contributed by atoms with Gasteiger partial charge in [0, 0.05) is 31.5 Å². The van der Waals surface area contributed by atoms with Crippen LogP contribution in [0, 0.1) is 5.82 Å². The van der Waals surface area contributed by atoms with Crippen LogP contribution in [0.25, 0.3) is 0 Å². The molecule has 0 aliphatic carbocycles. The van der Waals surface area contributed by atoms with Crippen molar-refractivity contribution < 1.29 is 4.39 Å². The minimum Gasteiger partial charge on any atom is -0.352 e. The number of rotatable bonds is 5. The van der Waals surface area contributed by atoms with Crippen molar-refractivity contribution in [3.8, 4) is 0 Å². The van der Waals surface area contributed by atoms with Crippen LogP contribution in [-0.2, 0) is 13.0 Å². The Bertz CT molecular complexity index is 650. The van der Waals surface area contributed by atoms with Gasteiger partial charge in [-0.1, -0.05) is 6.92 Å². The number of hydrogen-bond acceptors (Lipinski definition) is 6. The van der Waals surface area contributed by atoms with Crippen molar-refractivity contribution in [3.63, 3.8) is 0 Å². The standard InChI is InChI=1S/C16H21FN6/c1-3-13-15(17)16(21-11-20-13)23-8-5-12(9-23)22(2)10-14-18-6-4-7-19-14/h4,6-7,11-12H,3,5,8-10H2,1-2H3. The summed E-state index contributed by atoms with van der Waals surface area (Å²) < 4.78 is 14.4. The van der Waals surface area contributed by atoms with Crippen LogP contribution in [0.2, 0.25) is 0 Å². The molecule has 6 nitrogen and oxygen atoms in total. The molecule has 0 aromatic carbocycles. The van der Waals surface area contributed by atoms with Gasteiger partial charge in [0.25, 0.3) is 0 Å². The van der Waals surface area contributed by atoms with Gasteiger partial charge in [0.15, 0.2) is 11.6 Å². The number of nitrogens with zero attached hydrogens (tertiary/aromatic N) is 6. The van der Waals surface area contributed by atoms with E-state index in [2.05, 4.69) is 31.9 Å². The first-order chi connectivity index (χ1) is 11.2. The van der Waals surface area contributed by atoms with Crippen molar-refractivity contribution in [2.75, 3.05) is 25.0 Å². The molecule has 0 radical (unpaired) electrons. The van der Waals surface area contributed by atoms with Crippen molar-refractivity contribution in [1.29, 1.82) is 0 Å². The van der Waals surface area contributed by atoms with Crippen LogP contribution >= 0.6 is 0 Å². The molecule has 1 unspecified atom stereocenters. The molecule has 3 heterocycles. The van der Waals surface area contributed by atoms with Gasteiger partial charge in [-0.2, -0.15) is 0 Å². The van der Waals surface area contributed by atoms with E-state index in [1.54, 1.807) is 12.4 Å². The van der Waals surface area contributed by atoms with E-state index in [-0.39, 0.29) is 5.82 Å². The topological polar surface area (TPSA) is 58.0 Å². The summed E-state index contributed by atoms with van der Waals surface area (Å²) in [5, 5.41) is 0. The summed E-state index contributed by atoms with van der Waals surface area (Å²) in [5.74, 6) is 0.934. The zero-order valence-electron chi connectivity index (χ0n) is 13.5. The smallest absolute Gasteiger partial charge is 0.187 e. The fourth-order valence-corrected chi connectivity index (χ4v) is 2.92. The molecule has 0 N–H and O–H groups in total. The van der Waals surface area contributed by atoms with Crippen molar-refractivity contribution in [2.45, 2.75) is 32.4 Å². The van der Waals surface area contributed by atoms with Crippen molar-refractivity contribution in [1.82, 2.24) is 24.8 Å². The van der Waals surface area contributed by atoms with Crippen LogP contribution in [0.5, 0.6) is 0 Å². The number of anilines is 1. The Hall–Kier alpha value is -2.15. The highest BCUT2D eigenvalue weighted by atomic mass is 19.1. The van der Waals surface area contributed by atoms with Gasteiger partial charge in [0.05, 0.1) is 12.2 Å². The third-order valence-corrected chi connectivity index (χ3v) is 4.27. The summed E-state index contributed by atoms with van der Waals surface area (Å²) in [5.41, 5.74) is 0.476. The third kappa shape index (κ3) is 3.44. The van der Waals surface area contributed by atoms with Gasteiger partial charge in [0.2, 0.25) is 0 Å². The average molecular weight is 316 g/mol. The van der Waals surface area contributed by atoms with E-state index < -0.39 is 0 Å². The number of halogens is 1. The molecule has 1 saturated heterocycles. The maximum atomic E-state index is 14.4. The molecular weight excluding hydrogens is 295 g/mol. The summed E-state index contributed by atoms with van der Waals surface area (Å²) >= 11 is 0. The second kappa shape index (κ2) is 6.95. The normalized spacial score (nSPS) is 17.9. The first-order valence-corrected chi connectivity index (χ1v) is 7.89. The zero-order valence-corrected chi connectivity index (χ0v) is 13.5. The number of likely N-dealkylation sites (N-methyl/N-ethyl adjacent to an activating group) is 1. The largest absolute Gasteiger partial charge is 0.352 e. The highest BCUT2D eigenvalue weighted by Crippen LogP contribution is 2.24. The van der Waals surface area contributed by atoms with E-state index in [4.69, 9.17) is 0 Å². The van der Waals surface area contributed by atoms with Gasteiger partial charge < -0.3 is 4.90 Å². The van der Waals surface area contributed by atoms with Crippen LogP contribution in [0.3, 0.4) is 0 Å². The molecule has 23 heavy (non-hydrogen) atoms. The monoisotopic (exact) mass is 316 g/mol. The Labute approximate surface area is 135 Å². The number of hydrogen-bond donors (Lipinski definition) is 0. The summed E-state index contributed by atoms with van der Waals surface area (Å²) in [6, 6.07) is 2.14. The Morgan fingerprint density at radius 2 is 2.04 bits per heavy atom. The van der Waals surface area contributed by atoms with E-state index in [9.17, 15) is 4.39 Å². The first-order valence-electron chi connectivity index (χ1n) is 7.89. The fraction of sp³-hybridized carbons (Fsp3) is 0.500. The van der Waals surface area contributed by atoms with Gasteiger partial charge in [-0.15, -0.1) is 0 Å². The lowest BCUT2D eigenvalue weighted by Crippen LogP contribution is -2.35. The Balaban J connectivity index is 1.66. The lowest BCUT2D eigenvalue weighted by molar-refractivity contribution is 0.244. The predicted octanol–water partition coefficient (Wildman–Crippen LogP) is 1.68. The van der Waals surface area contributed by atoms with E-state index in [1.165, 1.54) is 6.33 Å². The van der Waals surface area contributed by atoms with Gasteiger partial charge in [-0.3, -0.25) is 4.90 Å². The molecule has 122 valence electrons. The molecule has 0 saturated carbocycles. The number of aryl methyl sites for hydroxylation is 1. The van der Waals surface area contributed by atoms with E-state index in [0.29, 0.717) is 30.5 Å². The molecule has 1 fully saturated rings. The highest BCUT2D eigenvalue weighted by molar-refractivity contribution is 5.42. The molecule has 7 heteroatoms. The molecule has 0 bridgehead atoms. The van der Waals surface area contributed by atoms with Crippen molar-refractivity contribution in [3.05, 3.63) is 42.1 Å². The van der Waals surface area contributed by atoms with Gasteiger partial charge in [-0.05, 0) is 26.0 Å². The summed E-state index contributed by atoms with van der Waals surface area (Å²) in [6.45, 7) is 4.13. The van der Waals surface area contributed by atoms with Crippen LogP contribution in [-0.4, -0.2) is 51.0 Å². The maximum Gasteiger partial charge on any atom is 0.187 e. The minimum absolute atomic E-state index is 0.287. The quantitative estimate of drug-likeness (QED) is 0.836. The van der Waals surface area contributed by atoms with Crippen molar-refractivity contribution >= 4 is 5.82 Å². The molecule has 3 rings (SSSR count). The van der Waals surface area contributed by atoms with Gasteiger partial charge >= 0.3 is 0 Å². The Morgan fingerprint density at radius 3 is 2.78 bits per heavy atom. The average Bonchev–Trinajstić information content (AvgIpc) is 3.06.